The Morgan fingerprint density at radius 1 is 1.19 bits per heavy atom. The van der Waals surface area contributed by atoms with Gasteiger partial charge in [0.15, 0.2) is 5.65 Å². The van der Waals surface area contributed by atoms with Gasteiger partial charge in [0.25, 0.3) is 12.9 Å². The summed E-state index contributed by atoms with van der Waals surface area (Å²) in [5.41, 5.74) is -5.03. The minimum Gasteiger partial charge on any atom is -0.509 e. The van der Waals surface area contributed by atoms with E-state index in [1.807, 2.05) is 0 Å². The van der Waals surface area contributed by atoms with Gasteiger partial charge in [0.05, 0.1) is 5.69 Å². The van der Waals surface area contributed by atoms with Gasteiger partial charge >= 0.3 is 7.32 Å². The zero-order chi connectivity index (χ0) is 15.8. The third-order valence-electron chi connectivity index (χ3n) is 2.70. The molecule has 3 N–H and O–H groups in total. The highest BCUT2D eigenvalue weighted by molar-refractivity contribution is 6.34. The predicted octanol–water partition coefficient (Wildman–Crippen LogP) is -0.205. The highest BCUT2D eigenvalue weighted by Crippen LogP contribution is 2.36. The maximum Gasteiger partial charge on any atom is 0.707 e. The molecular formula is C9H8BF4N3O4. The monoisotopic (exact) mass is 309 g/mol. The Morgan fingerprint density at radius 2 is 1.81 bits per heavy atom. The van der Waals surface area contributed by atoms with Crippen LogP contribution in [0.25, 0.3) is 5.65 Å². The molecule has 0 amide bonds. The first-order chi connectivity index (χ1) is 9.78. The summed E-state index contributed by atoms with van der Waals surface area (Å²) in [5, 5.41) is 30.4. The van der Waals surface area contributed by atoms with Crippen LogP contribution >= 0.6 is 0 Å². The van der Waals surface area contributed by atoms with Crippen molar-refractivity contribution < 1.29 is 37.4 Å². The Kier molecular flexibility index (Phi) is 4.03. The maximum atomic E-state index is 12.9. The van der Waals surface area contributed by atoms with Crippen LogP contribution in [-0.4, -0.2) is 49.9 Å². The quantitative estimate of drug-likeness (QED) is 0.522. The Labute approximate surface area is 114 Å². The molecule has 0 atom stereocenters. The van der Waals surface area contributed by atoms with Gasteiger partial charge in [-0.25, -0.2) is 27.1 Å². The van der Waals surface area contributed by atoms with Gasteiger partial charge in [-0.15, -0.1) is 0 Å². The number of hydrogen-bond acceptors (Lipinski definition) is 6. The summed E-state index contributed by atoms with van der Waals surface area (Å²) in [6, 6.07) is 1.59. The molecule has 0 radical (unpaired) electrons. The molecule has 12 heteroatoms. The van der Waals surface area contributed by atoms with Crippen molar-refractivity contribution in [3.05, 3.63) is 24.2 Å². The number of pyridine rings is 1. The van der Waals surface area contributed by atoms with Crippen molar-refractivity contribution >= 4 is 13.0 Å². The second kappa shape index (κ2) is 5.46. The highest BCUT2D eigenvalue weighted by atomic mass is 19.3. The van der Waals surface area contributed by atoms with Crippen LogP contribution in [0, 0.1) is 0 Å². The van der Waals surface area contributed by atoms with E-state index in [9.17, 15) is 22.7 Å². The lowest BCUT2D eigenvalue weighted by Crippen LogP contribution is -2.43. The third kappa shape index (κ3) is 2.52. The first-order valence-electron chi connectivity index (χ1n) is 5.43. The molecule has 0 spiro atoms. The zero-order valence-corrected chi connectivity index (χ0v) is 10.1. The van der Waals surface area contributed by atoms with E-state index in [-0.39, 0.29) is 11.4 Å². The molecule has 7 nitrogen and oxygen atoms in total. The van der Waals surface area contributed by atoms with Crippen molar-refractivity contribution in [3.63, 3.8) is 0 Å². The Hall–Kier alpha value is -1.92. The lowest BCUT2D eigenvalue weighted by molar-refractivity contribution is -0.186. The van der Waals surface area contributed by atoms with Crippen molar-refractivity contribution in [2.24, 2.45) is 0 Å². The second-order valence-electron chi connectivity index (χ2n) is 3.95. The van der Waals surface area contributed by atoms with Gasteiger partial charge in [-0.1, -0.05) is 0 Å². The maximum absolute atomic E-state index is 12.9. The van der Waals surface area contributed by atoms with Crippen LogP contribution in [0.2, 0.25) is 0 Å². The van der Waals surface area contributed by atoms with Crippen molar-refractivity contribution in [3.8, 4) is 5.75 Å². The molecule has 2 aromatic heterocycles. The molecule has 2 rings (SSSR count). The number of aromatic nitrogens is 3. The van der Waals surface area contributed by atoms with Gasteiger partial charge in [-0.3, -0.25) is 0 Å². The fourth-order valence-corrected chi connectivity index (χ4v) is 1.71. The summed E-state index contributed by atoms with van der Waals surface area (Å²) >= 11 is 0. The minimum absolute atomic E-state index is 0.308. The number of fused-ring (bicyclic) bond motifs is 1. The van der Waals surface area contributed by atoms with Crippen LogP contribution in [0.3, 0.4) is 0 Å². The van der Waals surface area contributed by atoms with Crippen molar-refractivity contribution in [2.75, 3.05) is 0 Å². The standard InChI is InChI=1S/C9H8BF4N3O4/c11-7(12)9(18,8(13)14)5-2-1-4(21-10(19)20)6-15-3-16-17(5)6/h1-3,7-8,18-20H. The van der Waals surface area contributed by atoms with Crippen molar-refractivity contribution in [2.45, 2.75) is 18.5 Å². The number of alkyl halides is 4. The van der Waals surface area contributed by atoms with Crippen molar-refractivity contribution in [1.82, 2.24) is 14.6 Å². The lowest BCUT2D eigenvalue weighted by Gasteiger charge is -2.27. The van der Waals surface area contributed by atoms with E-state index in [4.69, 9.17) is 10.0 Å². The predicted molar refractivity (Wildman–Crippen MR) is 59.7 cm³/mol. The molecule has 0 aliphatic rings. The largest absolute Gasteiger partial charge is 0.707 e. The van der Waals surface area contributed by atoms with Gasteiger partial charge in [-0.05, 0) is 12.1 Å². The van der Waals surface area contributed by atoms with E-state index in [0.717, 1.165) is 12.4 Å². The topological polar surface area (TPSA) is 100 Å². The highest BCUT2D eigenvalue weighted by Gasteiger charge is 2.51. The summed E-state index contributed by atoms with van der Waals surface area (Å²) in [5.74, 6) is -0.308. The average Bonchev–Trinajstić information content (AvgIpc) is 2.86. The van der Waals surface area contributed by atoms with E-state index < -0.39 is 31.5 Å². The molecule has 2 heterocycles. The molecule has 0 bridgehead atoms. The van der Waals surface area contributed by atoms with Gasteiger partial charge in [-0.2, -0.15) is 5.10 Å². The number of aliphatic hydroxyl groups is 1. The molecule has 0 saturated carbocycles. The molecule has 0 fully saturated rings. The van der Waals surface area contributed by atoms with Crippen LogP contribution < -0.4 is 4.65 Å². The molecule has 21 heavy (non-hydrogen) atoms. The summed E-state index contributed by atoms with van der Waals surface area (Å²) < 4.78 is 56.5. The molecule has 0 aliphatic carbocycles. The van der Waals surface area contributed by atoms with Crippen LogP contribution in [0.4, 0.5) is 17.6 Å². The molecule has 114 valence electrons. The molecule has 0 saturated heterocycles. The smallest absolute Gasteiger partial charge is 0.509 e. The lowest BCUT2D eigenvalue weighted by atomic mass is 10.00. The summed E-state index contributed by atoms with van der Waals surface area (Å²) in [6.45, 7) is 0. The SMILES string of the molecule is OB(O)Oc1ccc(C(O)(C(F)F)C(F)F)n2ncnc12. The van der Waals surface area contributed by atoms with Crippen LogP contribution in [0.5, 0.6) is 5.75 Å². The molecule has 0 aromatic carbocycles. The van der Waals surface area contributed by atoms with Gasteiger partial charge in [0.2, 0.25) is 5.60 Å². The molecule has 0 aliphatic heterocycles. The molecule has 2 aromatic rings. The minimum atomic E-state index is -3.79. The molecular weight excluding hydrogens is 301 g/mol. The zero-order valence-electron chi connectivity index (χ0n) is 10.1. The van der Waals surface area contributed by atoms with E-state index in [1.165, 1.54) is 0 Å². The van der Waals surface area contributed by atoms with Crippen LogP contribution in [-0.2, 0) is 5.60 Å². The molecule has 0 unspecified atom stereocenters. The fourth-order valence-electron chi connectivity index (χ4n) is 1.71. The Balaban J connectivity index is 2.64. The van der Waals surface area contributed by atoms with E-state index in [2.05, 4.69) is 14.7 Å². The summed E-state index contributed by atoms with van der Waals surface area (Å²) in [6.07, 6.45) is -6.74. The number of halogens is 4. The number of hydrogen-bond donors (Lipinski definition) is 3. The first kappa shape index (κ1) is 15.5. The Morgan fingerprint density at radius 3 is 2.33 bits per heavy atom. The average molecular weight is 309 g/mol. The summed E-state index contributed by atoms with van der Waals surface area (Å²) in [4.78, 5) is 3.57. The van der Waals surface area contributed by atoms with Crippen LogP contribution in [0.15, 0.2) is 18.5 Å². The van der Waals surface area contributed by atoms with Gasteiger partial charge < -0.3 is 19.8 Å². The number of rotatable bonds is 5. The fraction of sp³-hybridized carbons (Fsp3) is 0.333. The normalized spacial score (nSPS) is 12.4. The van der Waals surface area contributed by atoms with Gasteiger partial charge in [0, 0.05) is 0 Å². The van der Waals surface area contributed by atoms with Gasteiger partial charge in [0.1, 0.15) is 12.1 Å². The van der Waals surface area contributed by atoms with E-state index >= 15 is 0 Å². The van der Waals surface area contributed by atoms with E-state index in [1.54, 1.807) is 0 Å². The Bertz CT molecular complexity index is 630. The summed E-state index contributed by atoms with van der Waals surface area (Å²) in [7, 11) is -2.24. The first-order valence-corrected chi connectivity index (χ1v) is 5.43. The van der Waals surface area contributed by atoms with E-state index in [0.29, 0.717) is 10.6 Å². The third-order valence-corrected chi connectivity index (χ3v) is 2.70. The van der Waals surface area contributed by atoms with Crippen molar-refractivity contribution in [1.29, 1.82) is 0 Å². The van der Waals surface area contributed by atoms with Crippen LogP contribution in [0.1, 0.15) is 5.69 Å². The second-order valence-corrected chi connectivity index (χ2v) is 3.95. The number of nitrogens with zero attached hydrogens (tertiary/aromatic N) is 3.